The van der Waals surface area contributed by atoms with Gasteiger partial charge < -0.3 is 19.0 Å². The lowest BCUT2D eigenvalue weighted by Crippen LogP contribution is -2.10. The highest BCUT2D eigenvalue weighted by Gasteiger charge is 2.20. The van der Waals surface area contributed by atoms with Gasteiger partial charge in [0.25, 0.3) is 0 Å². The summed E-state index contributed by atoms with van der Waals surface area (Å²) in [6.07, 6.45) is 1.30. The van der Waals surface area contributed by atoms with Gasteiger partial charge in [-0.3, -0.25) is 4.79 Å². The second-order valence-corrected chi connectivity index (χ2v) is 7.46. The van der Waals surface area contributed by atoms with E-state index in [-0.39, 0.29) is 28.6 Å². The van der Waals surface area contributed by atoms with Crippen LogP contribution in [0.2, 0.25) is 0 Å². The van der Waals surface area contributed by atoms with Gasteiger partial charge in [0.05, 0.1) is 28.5 Å². The summed E-state index contributed by atoms with van der Waals surface area (Å²) in [6.45, 7) is 9.17. The Morgan fingerprint density at radius 2 is 1.67 bits per heavy atom. The zero-order valence-electron chi connectivity index (χ0n) is 17.9. The molecule has 0 aliphatic rings. The third-order valence-electron chi connectivity index (χ3n) is 5.12. The molecule has 1 aromatic heterocycles. The van der Waals surface area contributed by atoms with Crippen LogP contribution in [0.3, 0.4) is 0 Å². The van der Waals surface area contributed by atoms with E-state index >= 15 is 0 Å². The summed E-state index contributed by atoms with van der Waals surface area (Å²) in [5, 5.41) is 9.93. The van der Waals surface area contributed by atoms with Crippen LogP contribution in [0.15, 0.2) is 39.5 Å². The first kappa shape index (κ1) is 22.0. The first-order valence-corrected chi connectivity index (χ1v) is 10.4. The Balaban J connectivity index is 2.27. The number of hydrogen-bond donors (Lipinski definition) is 1. The van der Waals surface area contributed by atoms with Crippen LogP contribution in [-0.4, -0.2) is 24.3 Å². The van der Waals surface area contributed by atoms with Crippen molar-refractivity contribution in [3.05, 3.63) is 57.2 Å². The summed E-state index contributed by atoms with van der Waals surface area (Å²) in [6, 6.07) is 8.09. The second-order valence-electron chi connectivity index (χ2n) is 7.46. The molecule has 1 heterocycles. The molecule has 30 heavy (non-hydrogen) atoms. The van der Waals surface area contributed by atoms with Gasteiger partial charge in [0.1, 0.15) is 11.2 Å². The summed E-state index contributed by atoms with van der Waals surface area (Å²) in [5.41, 5.74) is 2.24. The molecule has 0 amide bonds. The summed E-state index contributed by atoms with van der Waals surface area (Å²) < 4.78 is 17.9. The van der Waals surface area contributed by atoms with E-state index < -0.39 is 5.97 Å². The first-order valence-electron chi connectivity index (χ1n) is 10.4. The van der Waals surface area contributed by atoms with E-state index in [1.165, 1.54) is 18.2 Å². The Morgan fingerprint density at radius 3 is 2.30 bits per heavy atom. The number of fused-ring (bicyclic) bond motifs is 2. The Labute approximate surface area is 175 Å². The van der Waals surface area contributed by atoms with Gasteiger partial charge in [0, 0.05) is 18.8 Å². The van der Waals surface area contributed by atoms with E-state index in [0.29, 0.717) is 29.8 Å². The Kier molecular flexibility index (Phi) is 6.90. The van der Waals surface area contributed by atoms with E-state index in [0.717, 1.165) is 24.0 Å². The van der Waals surface area contributed by atoms with Gasteiger partial charge >= 0.3 is 5.97 Å². The SMILES string of the molecule is CCCOC(C)c1cc(C(C)OCCC)c2oc3ccc(C(=O)O)cc3c(=O)c2c1. The van der Waals surface area contributed by atoms with Crippen LogP contribution in [0.25, 0.3) is 21.9 Å². The standard InChI is InChI=1S/C24H28O6/c1-5-9-28-14(3)17-12-18(15(4)29-10-6-2)23-20(13-17)22(25)19-11-16(24(26)27)7-8-21(19)30-23/h7-8,11-15H,5-6,9-10H2,1-4H3,(H,26,27). The number of ether oxygens (including phenoxy) is 2. The molecule has 2 atom stereocenters. The lowest BCUT2D eigenvalue weighted by molar-refractivity contribution is 0.0622. The number of aromatic carboxylic acids is 1. The van der Waals surface area contributed by atoms with Crippen molar-refractivity contribution in [3.8, 4) is 0 Å². The minimum absolute atomic E-state index is 0.0461. The van der Waals surface area contributed by atoms with Gasteiger partial charge in [-0.2, -0.15) is 0 Å². The van der Waals surface area contributed by atoms with Crippen molar-refractivity contribution in [2.45, 2.75) is 52.7 Å². The van der Waals surface area contributed by atoms with Crippen LogP contribution in [-0.2, 0) is 9.47 Å². The molecule has 0 aliphatic heterocycles. The second kappa shape index (κ2) is 9.41. The van der Waals surface area contributed by atoms with Crippen LogP contribution >= 0.6 is 0 Å². The van der Waals surface area contributed by atoms with Gasteiger partial charge in [-0.1, -0.05) is 13.8 Å². The van der Waals surface area contributed by atoms with Crippen LogP contribution < -0.4 is 5.43 Å². The van der Waals surface area contributed by atoms with Crippen LogP contribution in [0.4, 0.5) is 0 Å². The van der Waals surface area contributed by atoms with Gasteiger partial charge in [-0.05, 0) is 62.6 Å². The fourth-order valence-corrected chi connectivity index (χ4v) is 3.45. The highest BCUT2D eigenvalue weighted by Crippen LogP contribution is 2.32. The Morgan fingerprint density at radius 1 is 1.00 bits per heavy atom. The average Bonchev–Trinajstić information content (AvgIpc) is 2.75. The van der Waals surface area contributed by atoms with E-state index in [1.807, 2.05) is 33.8 Å². The maximum atomic E-state index is 13.3. The van der Waals surface area contributed by atoms with Crippen molar-refractivity contribution >= 4 is 27.9 Å². The predicted octanol–water partition coefficient (Wildman–Crippen LogP) is 5.62. The van der Waals surface area contributed by atoms with Gasteiger partial charge in [0.2, 0.25) is 5.43 Å². The summed E-state index contributed by atoms with van der Waals surface area (Å²) in [4.78, 5) is 24.6. The molecule has 0 bridgehead atoms. The van der Waals surface area contributed by atoms with Crippen molar-refractivity contribution in [2.75, 3.05) is 13.2 Å². The molecule has 0 aliphatic carbocycles. The zero-order valence-corrected chi connectivity index (χ0v) is 17.9. The molecule has 160 valence electrons. The lowest BCUT2D eigenvalue weighted by atomic mass is 9.98. The Hall–Kier alpha value is -2.70. The van der Waals surface area contributed by atoms with Crippen molar-refractivity contribution in [1.29, 1.82) is 0 Å². The molecular weight excluding hydrogens is 384 g/mol. The molecule has 0 saturated carbocycles. The molecule has 0 saturated heterocycles. The van der Waals surface area contributed by atoms with Crippen molar-refractivity contribution in [1.82, 2.24) is 0 Å². The van der Waals surface area contributed by atoms with E-state index in [1.54, 1.807) is 6.07 Å². The molecule has 3 rings (SSSR count). The molecule has 6 heteroatoms. The predicted molar refractivity (Wildman–Crippen MR) is 116 cm³/mol. The maximum Gasteiger partial charge on any atom is 0.335 e. The minimum Gasteiger partial charge on any atom is -0.478 e. The number of hydrogen-bond acceptors (Lipinski definition) is 5. The molecule has 2 unspecified atom stereocenters. The summed E-state index contributed by atoms with van der Waals surface area (Å²) >= 11 is 0. The third kappa shape index (κ3) is 4.40. The molecule has 1 N–H and O–H groups in total. The lowest BCUT2D eigenvalue weighted by Gasteiger charge is -2.19. The van der Waals surface area contributed by atoms with Gasteiger partial charge in [0.15, 0.2) is 0 Å². The van der Waals surface area contributed by atoms with Crippen molar-refractivity contribution in [3.63, 3.8) is 0 Å². The molecule has 0 radical (unpaired) electrons. The largest absolute Gasteiger partial charge is 0.478 e. The molecular formula is C24H28O6. The molecule has 0 fully saturated rings. The van der Waals surface area contributed by atoms with Crippen LogP contribution in [0.5, 0.6) is 0 Å². The quantitative estimate of drug-likeness (QED) is 0.459. The summed E-state index contributed by atoms with van der Waals surface area (Å²) in [5.74, 6) is -1.09. The topological polar surface area (TPSA) is 86.0 Å². The number of carboxylic acids is 1. The fraction of sp³-hybridized carbons (Fsp3) is 0.417. The van der Waals surface area contributed by atoms with E-state index in [2.05, 4.69) is 0 Å². The van der Waals surface area contributed by atoms with E-state index in [9.17, 15) is 14.7 Å². The first-order chi connectivity index (χ1) is 14.4. The number of benzene rings is 2. The van der Waals surface area contributed by atoms with Crippen molar-refractivity contribution < 1.29 is 23.8 Å². The monoisotopic (exact) mass is 412 g/mol. The highest BCUT2D eigenvalue weighted by molar-refractivity contribution is 5.96. The maximum absolute atomic E-state index is 13.3. The van der Waals surface area contributed by atoms with Gasteiger partial charge in [-0.15, -0.1) is 0 Å². The van der Waals surface area contributed by atoms with Crippen molar-refractivity contribution in [2.24, 2.45) is 0 Å². The minimum atomic E-state index is -1.09. The third-order valence-corrected chi connectivity index (χ3v) is 5.12. The highest BCUT2D eigenvalue weighted by atomic mass is 16.5. The smallest absolute Gasteiger partial charge is 0.335 e. The van der Waals surface area contributed by atoms with Crippen LogP contribution in [0, 0.1) is 0 Å². The van der Waals surface area contributed by atoms with E-state index in [4.69, 9.17) is 13.9 Å². The summed E-state index contributed by atoms with van der Waals surface area (Å²) in [7, 11) is 0. The zero-order chi connectivity index (χ0) is 21.8. The molecule has 2 aromatic carbocycles. The molecule has 0 spiro atoms. The fourth-order valence-electron chi connectivity index (χ4n) is 3.45. The number of rotatable bonds is 9. The molecule has 3 aromatic rings. The van der Waals surface area contributed by atoms with Gasteiger partial charge in [-0.25, -0.2) is 4.79 Å². The molecule has 6 nitrogen and oxygen atoms in total. The number of carboxylic acid groups (broad SMARTS) is 1. The Bertz CT molecular complexity index is 1110. The average molecular weight is 412 g/mol. The normalized spacial score (nSPS) is 13.6. The number of carbonyl (C=O) groups is 1. The van der Waals surface area contributed by atoms with Crippen LogP contribution in [0.1, 0.15) is 74.2 Å².